The molecule has 2 aromatic carbocycles. The van der Waals surface area contributed by atoms with Gasteiger partial charge < -0.3 is 9.90 Å². The summed E-state index contributed by atoms with van der Waals surface area (Å²) in [4.78, 5) is 11.0. The maximum Gasteiger partial charge on any atom is 2.00 e. The van der Waals surface area contributed by atoms with Crippen molar-refractivity contribution in [3.8, 4) is 16.9 Å². The van der Waals surface area contributed by atoms with E-state index in [1.165, 1.54) is 0 Å². The van der Waals surface area contributed by atoms with Crippen LogP contribution in [0.25, 0.3) is 16.9 Å². The van der Waals surface area contributed by atoms with Crippen LogP contribution in [0.2, 0.25) is 5.02 Å². The van der Waals surface area contributed by atoms with Crippen LogP contribution in [0.4, 0.5) is 0 Å². The second-order valence-corrected chi connectivity index (χ2v) is 5.28. The maximum absolute atomic E-state index is 11.0. The molecule has 0 aliphatic rings. The number of aliphatic carboxylic acids is 1. The Kier molecular flexibility index (Phi) is 6.25. The number of carboxylic acids is 1. The van der Waals surface area contributed by atoms with Crippen molar-refractivity contribution in [3.05, 3.63) is 71.4 Å². The molecule has 0 aliphatic carbocycles. The third-order valence-corrected chi connectivity index (χ3v) is 3.52. The summed E-state index contributed by atoms with van der Waals surface area (Å²) >= 11 is 5.89. The van der Waals surface area contributed by atoms with E-state index in [1.807, 2.05) is 42.5 Å². The number of rotatable bonds is 4. The Labute approximate surface area is 168 Å². The van der Waals surface area contributed by atoms with E-state index in [1.54, 1.807) is 23.0 Å². The van der Waals surface area contributed by atoms with Crippen LogP contribution in [0, 0.1) is 0 Å². The Morgan fingerprint density at radius 3 is 2.35 bits per heavy atom. The number of carboxylic acid groups (broad SMARTS) is 1. The summed E-state index contributed by atoms with van der Waals surface area (Å²) in [6.45, 7) is 0. The zero-order valence-corrected chi connectivity index (χ0v) is 15.2. The molecule has 0 fully saturated rings. The normalized spacial score (nSPS) is 10.1. The van der Waals surface area contributed by atoms with Gasteiger partial charge in [0.05, 0.1) is 11.4 Å². The third kappa shape index (κ3) is 4.36. The predicted molar refractivity (Wildman–Crippen MR) is 88.5 cm³/mol. The van der Waals surface area contributed by atoms with Crippen LogP contribution >= 0.6 is 11.6 Å². The molecule has 3 aromatic rings. The molecule has 0 radical (unpaired) electrons. The van der Waals surface area contributed by atoms with Gasteiger partial charge in [-0.05, 0) is 24.3 Å². The molecular weight excluding hydrogens is 340 g/mol. The van der Waals surface area contributed by atoms with Crippen LogP contribution in [-0.4, -0.2) is 53.5 Å². The van der Waals surface area contributed by atoms with Crippen LogP contribution in [0.5, 0.6) is 0 Å². The first-order valence-corrected chi connectivity index (χ1v) is 7.11. The van der Waals surface area contributed by atoms with Crippen LogP contribution in [0.1, 0.15) is 5.56 Å². The predicted octanol–water partition coefficient (Wildman–Crippen LogP) is 2.10. The fourth-order valence-corrected chi connectivity index (χ4v) is 2.38. The van der Waals surface area contributed by atoms with Gasteiger partial charge in [-0.15, -0.1) is 0 Å². The van der Waals surface area contributed by atoms with Crippen molar-refractivity contribution in [1.29, 1.82) is 0 Å². The van der Waals surface area contributed by atoms with Gasteiger partial charge in [-0.25, -0.2) is 4.68 Å². The van der Waals surface area contributed by atoms with E-state index in [0.29, 0.717) is 16.3 Å². The molecule has 1 heterocycles. The maximum atomic E-state index is 11.0. The molecule has 110 valence electrons. The molecule has 3 rings (SSSR count). The molecule has 0 atom stereocenters. The quantitative estimate of drug-likeness (QED) is 0.676. The molecule has 0 saturated heterocycles. The number of nitrogens with zero attached hydrogens (tertiary/aromatic N) is 2. The van der Waals surface area contributed by atoms with Gasteiger partial charge in [-0.3, -0.25) is 0 Å². The van der Waals surface area contributed by atoms with Crippen LogP contribution in [-0.2, 0) is 11.2 Å². The second-order valence-electron chi connectivity index (χ2n) is 4.84. The first-order chi connectivity index (χ1) is 10.6. The monoisotopic (exact) mass is 351 g/mol. The van der Waals surface area contributed by atoms with E-state index in [-0.39, 0.29) is 44.2 Å². The Bertz CT molecular complexity index is 801. The van der Waals surface area contributed by atoms with E-state index >= 15 is 0 Å². The fraction of sp³-hybridized carbons (Fsp3) is 0.0588. The topological polar surface area (TPSA) is 57.9 Å². The van der Waals surface area contributed by atoms with Crippen LogP contribution in [0.15, 0.2) is 60.8 Å². The van der Waals surface area contributed by atoms with Crippen molar-refractivity contribution in [2.24, 2.45) is 0 Å². The summed E-state index contributed by atoms with van der Waals surface area (Å²) in [5, 5.41) is 16.1. The number of hydrogen-bond acceptors (Lipinski definition) is 3. The van der Waals surface area contributed by atoms with Crippen molar-refractivity contribution in [2.75, 3.05) is 0 Å². The molecule has 1 aromatic heterocycles. The summed E-state index contributed by atoms with van der Waals surface area (Å²) < 4.78 is 1.67. The Morgan fingerprint density at radius 2 is 1.74 bits per heavy atom. The number of halogens is 1. The van der Waals surface area contributed by atoms with Crippen LogP contribution < -0.4 is 5.11 Å². The molecule has 0 unspecified atom stereocenters. The summed E-state index contributed by atoms with van der Waals surface area (Å²) in [5.74, 6) is -1.14. The first kappa shape index (κ1) is 18.0. The number of carbonyl (C=O) groups is 1. The molecule has 0 N–H and O–H groups in total. The van der Waals surface area contributed by atoms with Gasteiger partial charge in [0, 0.05) is 34.7 Å². The smallest absolute Gasteiger partial charge is 0.550 e. The van der Waals surface area contributed by atoms with Crippen LogP contribution in [0.3, 0.4) is 0 Å². The number of aromatic nitrogens is 2. The number of para-hydroxylation sites is 1. The minimum absolute atomic E-state index is 0. The fourth-order valence-electron chi connectivity index (χ4n) is 2.26. The summed E-state index contributed by atoms with van der Waals surface area (Å²) in [7, 11) is 0. The van der Waals surface area contributed by atoms with Crippen molar-refractivity contribution < 1.29 is 9.90 Å². The zero-order valence-electron chi connectivity index (χ0n) is 12.3. The molecule has 0 bridgehead atoms. The molecule has 0 spiro atoms. The van der Waals surface area contributed by atoms with Crippen molar-refractivity contribution in [3.63, 3.8) is 0 Å². The number of carbonyl (C=O) groups excluding carboxylic acids is 1. The first-order valence-electron chi connectivity index (χ1n) is 6.73. The van der Waals surface area contributed by atoms with Crippen molar-refractivity contribution in [1.82, 2.24) is 9.78 Å². The van der Waals surface area contributed by atoms with Gasteiger partial charge >= 0.3 is 37.7 Å². The summed E-state index contributed by atoms with van der Waals surface area (Å²) in [6.07, 6.45) is 1.53. The zero-order chi connectivity index (χ0) is 15.5. The molecular formula is C17H12CaClN2O2+. The van der Waals surface area contributed by atoms with E-state index in [0.717, 1.165) is 11.3 Å². The number of benzene rings is 2. The molecule has 6 heteroatoms. The largest absolute Gasteiger partial charge is 2.00 e. The van der Waals surface area contributed by atoms with Crippen molar-refractivity contribution >= 4 is 55.3 Å². The SMILES string of the molecule is O=C([O-])Cc1cn(-c2ccccc2)nc1-c1ccc(Cl)cc1.[Ca+2]. The van der Waals surface area contributed by atoms with E-state index < -0.39 is 5.97 Å². The van der Waals surface area contributed by atoms with Gasteiger partial charge in [-0.2, -0.15) is 5.10 Å². The molecule has 0 aliphatic heterocycles. The van der Waals surface area contributed by atoms with E-state index in [2.05, 4.69) is 5.10 Å². The van der Waals surface area contributed by atoms with Crippen molar-refractivity contribution in [2.45, 2.75) is 6.42 Å². The molecule has 0 amide bonds. The molecule has 23 heavy (non-hydrogen) atoms. The van der Waals surface area contributed by atoms with E-state index in [4.69, 9.17) is 11.6 Å². The van der Waals surface area contributed by atoms with E-state index in [9.17, 15) is 9.90 Å². The van der Waals surface area contributed by atoms with Gasteiger partial charge in [0.25, 0.3) is 0 Å². The Hall–Kier alpha value is -1.33. The Balaban J connectivity index is 0.00000192. The van der Waals surface area contributed by atoms with Gasteiger partial charge in [0.2, 0.25) is 0 Å². The van der Waals surface area contributed by atoms with Gasteiger partial charge in [0.1, 0.15) is 0 Å². The van der Waals surface area contributed by atoms with Gasteiger partial charge in [-0.1, -0.05) is 41.9 Å². The average molecular weight is 352 g/mol. The molecule has 4 nitrogen and oxygen atoms in total. The third-order valence-electron chi connectivity index (χ3n) is 3.26. The number of hydrogen-bond donors (Lipinski definition) is 0. The average Bonchev–Trinajstić information content (AvgIpc) is 2.92. The Morgan fingerprint density at radius 1 is 1.09 bits per heavy atom. The standard InChI is InChI=1S/C17H13ClN2O2.Ca/c18-14-8-6-12(7-9-14)17-13(10-16(21)22)11-20(19-17)15-4-2-1-3-5-15;/h1-9,11H,10H2,(H,21,22);/q;+2/p-1. The minimum atomic E-state index is -1.14. The summed E-state index contributed by atoms with van der Waals surface area (Å²) in [5.41, 5.74) is 2.90. The second kappa shape index (κ2) is 7.97. The van der Waals surface area contributed by atoms with Gasteiger partial charge in [0.15, 0.2) is 0 Å². The summed E-state index contributed by atoms with van der Waals surface area (Å²) in [6, 6.07) is 16.7. The molecule has 0 saturated carbocycles. The minimum Gasteiger partial charge on any atom is -0.550 e.